The van der Waals surface area contributed by atoms with Gasteiger partial charge in [0.15, 0.2) is 5.25 Å². The third-order valence-electron chi connectivity index (χ3n) is 3.92. The molecule has 0 spiro atoms. The minimum Gasteiger partial charge on any atom is -0.379 e. The molecular weight excluding hydrogens is 266 g/mol. The molecule has 0 aliphatic carbocycles. The largest absolute Gasteiger partial charge is 0.379 e. The average Bonchev–Trinajstić information content (AvgIpc) is 2.91. The standard InChI is InChI=1S/C12H21N3O3S/c1-2-12(9-13)19(16,17)15-4-3-11(10-15)14-5-7-18-8-6-14/h11-12H,2-8,10H2,1H3. The van der Waals surface area contributed by atoms with E-state index in [2.05, 4.69) is 4.90 Å². The fraction of sp³-hybridized carbons (Fsp3) is 0.917. The molecule has 0 radical (unpaired) electrons. The van der Waals surface area contributed by atoms with Crippen molar-refractivity contribution in [2.45, 2.75) is 31.1 Å². The highest BCUT2D eigenvalue weighted by Gasteiger charge is 2.38. The van der Waals surface area contributed by atoms with Gasteiger partial charge in [0.25, 0.3) is 0 Å². The molecular formula is C12H21N3O3S. The van der Waals surface area contributed by atoms with Crippen molar-refractivity contribution in [3.63, 3.8) is 0 Å². The van der Waals surface area contributed by atoms with E-state index in [-0.39, 0.29) is 6.04 Å². The Bertz CT molecular complexity index is 440. The Hall–Kier alpha value is -0.680. The SMILES string of the molecule is CCC(C#N)S(=O)(=O)N1CCC(N2CCOCC2)C1. The molecule has 108 valence electrons. The van der Waals surface area contributed by atoms with E-state index in [4.69, 9.17) is 10.00 Å². The number of hydrogen-bond acceptors (Lipinski definition) is 5. The Morgan fingerprint density at radius 1 is 1.37 bits per heavy atom. The smallest absolute Gasteiger partial charge is 0.230 e. The van der Waals surface area contributed by atoms with Gasteiger partial charge in [0.05, 0.1) is 19.3 Å². The highest BCUT2D eigenvalue weighted by molar-refractivity contribution is 7.90. The van der Waals surface area contributed by atoms with Crippen LogP contribution in [0.3, 0.4) is 0 Å². The zero-order chi connectivity index (χ0) is 13.9. The molecule has 2 unspecified atom stereocenters. The Morgan fingerprint density at radius 3 is 2.63 bits per heavy atom. The van der Waals surface area contributed by atoms with Crippen LogP contribution >= 0.6 is 0 Å². The highest BCUT2D eigenvalue weighted by atomic mass is 32.2. The maximum absolute atomic E-state index is 12.3. The first-order chi connectivity index (χ1) is 9.09. The van der Waals surface area contributed by atoms with Gasteiger partial charge in [-0.15, -0.1) is 0 Å². The van der Waals surface area contributed by atoms with Gasteiger partial charge in [-0.05, 0) is 12.8 Å². The zero-order valence-corrected chi connectivity index (χ0v) is 12.1. The fourth-order valence-corrected chi connectivity index (χ4v) is 4.38. The average molecular weight is 287 g/mol. The summed E-state index contributed by atoms with van der Waals surface area (Å²) >= 11 is 0. The summed E-state index contributed by atoms with van der Waals surface area (Å²) in [6.45, 7) is 5.96. The Labute approximate surface area is 115 Å². The number of rotatable bonds is 4. The maximum Gasteiger partial charge on any atom is 0.230 e. The molecule has 0 N–H and O–H groups in total. The van der Waals surface area contributed by atoms with Crippen LogP contribution in [0.25, 0.3) is 0 Å². The third-order valence-corrected chi connectivity index (χ3v) is 6.13. The van der Waals surface area contributed by atoms with Gasteiger partial charge in [-0.3, -0.25) is 4.90 Å². The van der Waals surface area contributed by atoms with E-state index in [1.165, 1.54) is 4.31 Å². The number of hydrogen-bond donors (Lipinski definition) is 0. The predicted octanol–water partition coefficient (Wildman–Crippen LogP) is 0.0249. The van der Waals surface area contributed by atoms with E-state index in [0.29, 0.717) is 19.5 Å². The van der Waals surface area contributed by atoms with Gasteiger partial charge in [-0.1, -0.05) is 6.92 Å². The van der Waals surface area contributed by atoms with Crippen LogP contribution in [-0.2, 0) is 14.8 Å². The van der Waals surface area contributed by atoms with Gasteiger partial charge in [0, 0.05) is 32.2 Å². The summed E-state index contributed by atoms with van der Waals surface area (Å²) in [6, 6.07) is 2.17. The second-order valence-corrected chi connectivity index (χ2v) is 7.14. The van der Waals surface area contributed by atoms with Crippen molar-refractivity contribution in [1.29, 1.82) is 5.26 Å². The van der Waals surface area contributed by atoms with Crippen molar-refractivity contribution in [1.82, 2.24) is 9.21 Å². The van der Waals surface area contributed by atoms with Crippen molar-refractivity contribution in [2.24, 2.45) is 0 Å². The first kappa shape index (κ1) is 14.7. The van der Waals surface area contributed by atoms with Crippen LogP contribution in [0.15, 0.2) is 0 Å². The zero-order valence-electron chi connectivity index (χ0n) is 11.3. The molecule has 2 saturated heterocycles. The van der Waals surface area contributed by atoms with Gasteiger partial charge < -0.3 is 4.74 Å². The molecule has 2 rings (SSSR count). The third kappa shape index (κ3) is 3.08. The molecule has 0 amide bonds. The normalized spacial score (nSPS) is 28.1. The molecule has 6 nitrogen and oxygen atoms in total. The highest BCUT2D eigenvalue weighted by Crippen LogP contribution is 2.22. The predicted molar refractivity (Wildman–Crippen MR) is 71.0 cm³/mol. The van der Waals surface area contributed by atoms with Gasteiger partial charge in [0.2, 0.25) is 10.0 Å². The first-order valence-corrected chi connectivity index (χ1v) is 8.30. The summed E-state index contributed by atoms with van der Waals surface area (Å²) in [5.74, 6) is 0. The number of nitrogens with zero attached hydrogens (tertiary/aromatic N) is 3. The minimum absolute atomic E-state index is 0.273. The van der Waals surface area contributed by atoms with Gasteiger partial charge in [0.1, 0.15) is 0 Å². The molecule has 2 fully saturated rings. The van der Waals surface area contributed by atoms with E-state index in [1.54, 1.807) is 6.92 Å². The minimum atomic E-state index is -3.46. The van der Waals surface area contributed by atoms with Crippen molar-refractivity contribution < 1.29 is 13.2 Å². The molecule has 7 heteroatoms. The first-order valence-electron chi connectivity index (χ1n) is 6.80. The second-order valence-electron chi connectivity index (χ2n) is 5.02. The lowest BCUT2D eigenvalue weighted by Gasteiger charge is -2.32. The van der Waals surface area contributed by atoms with Crippen LogP contribution in [0.2, 0.25) is 0 Å². The molecule has 0 saturated carbocycles. The summed E-state index contributed by atoms with van der Waals surface area (Å²) in [7, 11) is -3.46. The monoisotopic (exact) mass is 287 g/mol. The lowest BCUT2D eigenvalue weighted by atomic mass is 10.2. The lowest BCUT2D eigenvalue weighted by molar-refractivity contribution is 0.0196. The van der Waals surface area contributed by atoms with Crippen LogP contribution in [0.5, 0.6) is 0 Å². The Kier molecular flexibility index (Phi) is 4.79. The van der Waals surface area contributed by atoms with Crippen molar-refractivity contribution in [3.05, 3.63) is 0 Å². The van der Waals surface area contributed by atoms with E-state index < -0.39 is 15.3 Å². The number of morpholine rings is 1. The summed E-state index contributed by atoms with van der Waals surface area (Å²) in [5.41, 5.74) is 0. The van der Waals surface area contributed by atoms with Crippen molar-refractivity contribution >= 4 is 10.0 Å². The Morgan fingerprint density at radius 2 is 2.05 bits per heavy atom. The topological polar surface area (TPSA) is 73.6 Å². The molecule has 19 heavy (non-hydrogen) atoms. The molecule has 2 aliphatic heterocycles. The van der Waals surface area contributed by atoms with E-state index in [9.17, 15) is 8.42 Å². The van der Waals surface area contributed by atoms with Crippen LogP contribution in [0.1, 0.15) is 19.8 Å². The summed E-state index contributed by atoms with van der Waals surface area (Å²) in [5, 5.41) is 8.05. The maximum atomic E-state index is 12.3. The van der Waals surface area contributed by atoms with Gasteiger partial charge in [-0.25, -0.2) is 8.42 Å². The summed E-state index contributed by atoms with van der Waals surface area (Å²) in [4.78, 5) is 2.30. The Balaban J connectivity index is 1.99. The molecule has 0 bridgehead atoms. The second kappa shape index (κ2) is 6.18. The van der Waals surface area contributed by atoms with Crippen LogP contribution < -0.4 is 0 Å². The number of sulfonamides is 1. The quantitative estimate of drug-likeness (QED) is 0.729. The van der Waals surface area contributed by atoms with Crippen molar-refractivity contribution in [2.75, 3.05) is 39.4 Å². The molecule has 2 heterocycles. The molecule has 0 aromatic heterocycles. The molecule has 2 aliphatic rings. The molecule has 2 atom stereocenters. The summed E-state index contributed by atoms with van der Waals surface area (Å²) in [6.07, 6.45) is 1.19. The van der Waals surface area contributed by atoms with E-state index in [1.807, 2.05) is 6.07 Å². The summed E-state index contributed by atoms with van der Waals surface area (Å²) < 4.78 is 31.4. The van der Waals surface area contributed by atoms with Gasteiger partial charge >= 0.3 is 0 Å². The van der Waals surface area contributed by atoms with Crippen LogP contribution in [0, 0.1) is 11.3 Å². The molecule has 0 aromatic carbocycles. The number of ether oxygens (including phenoxy) is 1. The van der Waals surface area contributed by atoms with E-state index in [0.717, 1.165) is 32.7 Å². The van der Waals surface area contributed by atoms with Crippen molar-refractivity contribution in [3.8, 4) is 6.07 Å². The molecule has 0 aromatic rings. The number of nitriles is 1. The van der Waals surface area contributed by atoms with Crippen LogP contribution in [0.4, 0.5) is 0 Å². The lowest BCUT2D eigenvalue weighted by Crippen LogP contribution is -2.45. The van der Waals surface area contributed by atoms with Crippen LogP contribution in [-0.4, -0.2) is 68.3 Å². The van der Waals surface area contributed by atoms with E-state index >= 15 is 0 Å². The van der Waals surface area contributed by atoms with Gasteiger partial charge in [-0.2, -0.15) is 9.57 Å². The fourth-order valence-electron chi connectivity index (χ4n) is 2.73.